The van der Waals surface area contributed by atoms with Crippen molar-refractivity contribution in [1.29, 1.82) is 0 Å². The van der Waals surface area contributed by atoms with Gasteiger partial charge in [0.15, 0.2) is 0 Å². The summed E-state index contributed by atoms with van der Waals surface area (Å²) in [5.41, 5.74) is 0.901. The van der Waals surface area contributed by atoms with Gasteiger partial charge in [0.2, 0.25) is 11.8 Å². The molecule has 1 N–H and O–H groups in total. The number of aryl methyl sites for hydroxylation is 2. The summed E-state index contributed by atoms with van der Waals surface area (Å²) < 4.78 is 7.27. The maximum atomic E-state index is 5.60. The van der Waals surface area contributed by atoms with Gasteiger partial charge >= 0.3 is 0 Å². The molecular weight excluding hydrogens is 218 g/mol. The molecule has 0 amide bonds. The summed E-state index contributed by atoms with van der Waals surface area (Å²) in [6, 6.07) is 1.85. The minimum Gasteiger partial charge on any atom is -0.419 e. The van der Waals surface area contributed by atoms with Crippen LogP contribution in [0.25, 0.3) is 0 Å². The molecule has 0 atom stereocenters. The lowest BCUT2D eigenvalue weighted by atomic mass is 10.5. The molecule has 0 bridgehead atoms. The van der Waals surface area contributed by atoms with Crippen molar-refractivity contribution in [1.82, 2.24) is 19.7 Å². The number of hydrogen-bond donors (Lipinski definition) is 1. The average Bonchev–Trinajstić information content (AvgIpc) is 2.58. The molecule has 2 rings (SSSR count). The smallest absolute Gasteiger partial charge is 0.241 e. The van der Waals surface area contributed by atoms with Crippen molar-refractivity contribution < 1.29 is 4.74 Å². The van der Waals surface area contributed by atoms with Gasteiger partial charge in [-0.25, -0.2) is 4.68 Å². The number of hydrogen-bond acceptors (Lipinski definition) is 5. The van der Waals surface area contributed by atoms with Crippen LogP contribution in [-0.2, 0) is 7.05 Å². The number of rotatable bonds is 4. The van der Waals surface area contributed by atoms with Crippen molar-refractivity contribution in [3.05, 3.63) is 24.2 Å². The van der Waals surface area contributed by atoms with Gasteiger partial charge < -0.3 is 10.1 Å². The normalized spacial score (nSPS) is 10.3. The molecule has 90 valence electrons. The minimum absolute atomic E-state index is 0.450. The molecule has 6 nitrogen and oxygen atoms in total. The molecule has 0 radical (unpaired) electrons. The second kappa shape index (κ2) is 4.82. The fourth-order valence-corrected chi connectivity index (χ4v) is 1.45. The highest BCUT2D eigenvalue weighted by Gasteiger charge is 2.06. The summed E-state index contributed by atoms with van der Waals surface area (Å²) in [4.78, 5) is 8.33. The molecule has 0 unspecified atom stereocenters. The monoisotopic (exact) mass is 233 g/mol. The van der Waals surface area contributed by atoms with E-state index >= 15 is 0 Å². The molecule has 2 heterocycles. The first-order valence-electron chi connectivity index (χ1n) is 5.43. The Labute approximate surface area is 99.7 Å². The zero-order chi connectivity index (χ0) is 12.3. The molecule has 0 saturated heterocycles. The van der Waals surface area contributed by atoms with Crippen LogP contribution in [0, 0.1) is 6.92 Å². The Bertz CT molecular complexity index is 508. The van der Waals surface area contributed by atoms with E-state index in [4.69, 9.17) is 4.74 Å². The van der Waals surface area contributed by atoms with Crippen LogP contribution in [0.1, 0.15) is 12.6 Å². The first kappa shape index (κ1) is 11.4. The van der Waals surface area contributed by atoms with Crippen LogP contribution in [0.3, 0.4) is 0 Å². The highest BCUT2D eigenvalue weighted by atomic mass is 16.5. The second-order valence-electron chi connectivity index (χ2n) is 3.62. The van der Waals surface area contributed by atoms with E-state index in [1.165, 1.54) is 0 Å². The van der Waals surface area contributed by atoms with Gasteiger partial charge in [-0.1, -0.05) is 0 Å². The third-order valence-corrected chi connectivity index (χ3v) is 2.14. The topological polar surface area (TPSA) is 64.9 Å². The fourth-order valence-electron chi connectivity index (χ4n) is 1.45. The number of anilines is 1. The molecule has 0 aliphatic heterocycles. The summed E-state index contributed by atoms with van der Waals surface area (Å²) >= 11 is 0. The molecule has 0 saturated carbocycles. The Morgan fingerprint density at radius 2 is 2.24 bits per heavy atom. The predicted octanol–water partition coefficient (Wildman–Crippen LogP) is 1.74. The molecule has 0 aromatic carbocycles. The highest BCUT2D eigenvalue weighted by molar-refractivity contribution is 5.34. The maximum absolute atomic E-state index is 5.60. The fraction of sp³-hybridized carbons (Fsp3) is 0.364. The first-order chi connectivity index (χ1) is 8.19. The van der Waals surface area contributed by atoms with Crippen molar-refractivity contribution in [2.45, 2.75) is 13.8 Å². The van der Waals surface area contributed by atoms with Crippen molar-refractivity contribution in [3.8, 4) is 11.8 Å². The predicted molar refractivity (Wildman–Crippen MR) is 64.2 cm³/mol. The Morgan fingerprint density at radius 3 is 2.88 bits per heavy atom. The quantitative estimate of drug-likeness (QED) is 0.871. The Hall–Kier alpha value is -2.11. The number of nitrogens with one attached hydrogen (secondary N) is 1. The first-order valence-corrected chi connectivity index (χ1v) is 5.43. The highest BCUT2D eigenvalue weighted by Crippen LogP contribution is 2.19. The van der Waals surface area contributed by atoms with Gasteiger partial charge in [-0.3, -0.25) is 4.98 Å². The van der Waals surface area contributed by atoms with Gasteiger partial charge in [-0.15, -0.1) is 0 Å². The van der Waals surface area contributed by atoms with E-state index in [2.05, 4.69) is 20.4 Å². The van der Waals surface area contributed by atoms with Crippen molar-refractivity contribution >= 4 is 5.82 Å². The lowest BCUT2D eigenvalue weighted by molar-refractivity contribution is 0.414. The number of nitrogens with zero attached hydrogens (tertiary/aromatic N) is 4. The van der Waals surface area contributed by atoms with Gasteiger partial charge in [0.05, 0.1) is 18.1 Å². The Kier molecular flexibility index (Phi) is 3.22. The molecule has 2 aromatic rings. The zero-order valence-corrected chi connectivity index (χ0v) is 10.1. The lowest BCUT2D eigenvalue weighted by Gasteiger charge is -2.06. The van der Waals surface area contributed by atoms with Gasteiger partial charge in [0.25, 0.3) is 0 Å². The van der Waals surface area contributed by atoms with Gasteiger partial charge in [0, 0.05) is 19.7 Å². The molecule has 0 aliphatic rings. The standard InChI is InChI=1S/C11H15N5O/c1-4-13-9-6-12-7-10(14-9)17-11-5-8(2)15-16(11)3/h5-7H,4H2,1-3H3,(H,13,14). The Morgan fingerprint density at radius 1 is 1.41 bits per heavy atom. The molecule has 6 heteroatoms. The summed E-state index contributed by atoms with van der Waals surface area (Å²) in [6.07, 6.45) is 3.23. The van der Waals surface area contributed by atoms with Gasteiger partial charge in [0.1, 0.15) is 5.82 Å². The third-order valence-electron chi connectivity index (χ3n) is 2.14. The van der Waals surface area contributed by atoms with Crippen LogP contribution in [0.2, 0.25) is 0 Å². The zero-order valence-electron chi connectivity index (χ0n) is 10.1. The van der Waals surface area contributed by atoms with E-state index in [1.807, 2.05) is 27.0 Å². The molecule has 0 aliphatic carbocycles. The van der Waals surface area contributed by atoms with Gasteiger partial charge in [-0.05, 0) is 13.8 Å². The van der Waals surface area contributed by atoms with Crippen LogP contribution in [0.4, 0.5) is 5.82 Å². The minimum atomic E-state index is 0.450. The van der Waals surface area contributed by atoms with Crippen LogP contribution >= 0.6 is 0 Å². The average molecular weight is 233 g/mol. The SMILES string of the molecule is CCNc1cncc(Oc2cc(C)nn2C)n1. The number of ether oxygens (including phenoxy) is 1. The molecule has 0 spiro atoms. The van der Waals surface area contributed by atoms with E-state index in [1.54, 1.807) is 17.1 Å². The largest absolute Gasteiger partial charge is 0.419 e. The van der Waals surface area contributed by atoms with Gasteiger partial charge in [-0.2, -0.15) is 10.1 Å². The maximum Gasteiger partial charge on any atom is 0.241 e. The van der Waals surface area contributed by atoms with Crippen molar-refractivity contribution in [3.63, 3.8) is 0 Å². The molecular formula is C11H15N5O. The second-order valence-corrected chi connectivity index (χ2v) is 3.62. The van der Waals surface area contributed by atoms with Crippen LogP contribution in [-0.4, -0.2) is 26.3 Å². The number of aromatic nitrogens is 4. The van der Waals surface area contributed by atoms with E-state index in [-0.39, 0.29) is 0 Å². The summed E-state index contributed by atoms with van der Waals surface area (Å²) in [7, 11) is 1.82. The van der Waals surface area contributed by atoms with E-state index in [9.17, 15) is 0 Å². The van der Waals surface area contributed by atoms with Crippen molar-refractivity contribution in [2.24, 2.45) is 7.05 Å². The lowest BCUT2D eigenvalue weighted by Crippen LogP contribution is -2.02. The van der Waals surface area contributed by atoms with Crippen molar-refractivity contribution in [2.75, 3.05) is 11.9 Å². The molecule has 0 fully saturated rings. The van der Waals surface area contributed by atoms with E-state index in [0.29, 0.717) is 17.6 Å². The third kappa shape index (κ3) is 2.72. The van der Waals surface area contributed by atoms with E-state index < -0.39 is 0 Å². The van der Waals surface area contributed by atoms with Crippen LogP contribution in [0.5, 0.6) is 11.8 Å². The van der Waals surface area contributed by atoms with Crippen LogP contribution < -0.4 is 10.1 Å². The molecule has 17 heavy (non-hydrogen) atoms. The summed E-state index contributed by atoms with van der Waals surface area (Å²) in [6.45, 7) is 4.70. The Balaban J connectivity index is 2.18. The van der Waals surface area contributed by atoms with E-state index in [0.717, 1.165) is 12.2 Å². The molecule has 2 aromatic heterocycles. The summed E-state index contributed by atoms with van der Waals surface area (Å²) in [5, 5.41) is 7.27. The van der Waals surface area contributed by atoms with Crippen LogP contribution in [0.15, 0.2) is 18.5 Å². The summed E-state index contributed by atoms with van der Waals surface area (Å²) in [5.74, 6) is 1.79.